The summed E-state index contributed by atoms with van der Waals surface area (Å²) >= 11 is 0. The molecule has 0 saturated heterocycles. The second-order valence-corrected chi connectivity index (χ2v) is 8.62. The summed E-state index contributed by atoms with van der Waals surface area (Å²) in [5, 5.41) is 2.39. The lowest BCUT2D eigenvalue weighted by molar-refractivity contribution is -0.140. The van der Waals surface area contributed by atoms with Crippen molar-refractivity contribution in [2.45, 2.75) is 136 Å². The molecule has 2 unspecified atom stereocenters. The van der Waals surface area contributed by atoms with Crippen LogP contribution in [-0.2, 0) is 14.4 Å². The first-order valence-electron chi connectivity index (χ1n) is 12.2. The molecule has 0 radical (unpaired) electrons. The topological polar surface area (TPSA) is 92.5 Å². The molecule has 0 rings (SSSR count). The lowest BCUT2D eigenvalue weighted by atomic mass is 10.1. The van der Waals surface area contributed by atoms with Gasteiger partial charge in [-0.1, -0.05) is 72.1 Å². The molecule has 176 valence electrons. The highest BCUT2D eigenvalue weighted by Crippen LogP contribution is 2.14. The molecule has 0 aliphatic heterocycles. The Hall–Kier alpha value is -1.43. The van der Waals surface area contributed by atoms with E-state index in [1.807, 2.05) is 27.7 Å². The molecule has 0 aromatic rings. The fourth-order valence-corrected chi connectivity index (χ4v) is 3.61. The summed E-state index contributed by atoms with van der Waals surface area (Å²) in [6.45, 7) is 10.3. The van der Waals surface area contributed by atoms with Crippen molar-refractivity contribution in [3.63, 3.8) is 0 Å². The van der Waals surface area contributed by atoms with Crippen LogP contribution in [0.5, 0.6) is 0 Å². The lowest BCUT2D eigenvalue weighted by Crippen LogP contribution is -2.52. The van der Waals surface area contributed by atoms with Crippen molar-refractivity contribution in [1.29, 1.82) is 0 Å². The molecule has 3 N–H and O–H groups in total. The number of amides is 3. The van der Waals surface area contributed by atoms with E-state index in [1.165, 1.54) is 38.5 Å². The van der Waals surface area contributed by atoms with Gasteiger partial charge in [-0.25, -0.2) is 0 Å². The largest absolute Gasteiger partial charge is 0.336 e. The van der Waals surface area contributed by atoms with E-state index in [0.717, 1.165) is 32.1 Å². The Kier molecular flexibility index (Phi) is 16.4. The number of hydrogen-bond acceptors (Lipinski definition) is 4. The quantitative estimate of drug-likeness (QED) is 0.331. The summed E-state index contributed by atoms with van der Waals surface area (Å²) in [7, 11) is 0. The maximum atomic E-state index is 12.8. The second kappa shape index (κ2) is 17.3. The Labute approximate surface area is 184 Å². The number of unbranched alkanes of at least 4 members (excludes halogenated alkanes) is 8. The van der Waals surface area contributed by atoms with Crippen molar-refractivity contribution in [2.24, 2.45) is 5.73 Å². The zero-order chi connectivity index (χ0) is 22.9. The van der Waals surface area contributed by atoms with Gasteiger partial charge in [-0.15, -0.1) is 0 Å². The van der Waals surface area contributed by atoms with Crippen LogP contribution in [0, 0.1) is 0 Å². The van der Waals surface area contributed by atoms with Gasteiger partial charge in [0.1, 0.15) is 0 Å². The minimum Gasteiger partial charge on any atom is -0.336 e. The van der Waals surface area contributed by atoms with Crippen LogP contribution in [0.4, 0.5) is 0 Å². The minimum atomic E-state index is -0.923. The highest BCUT2D eigenvalue weighted by atomic mass is 16.2. The van der Waals surface area contributed by atoms with Gasteiger partial charge >= 0.3 is 0 Å². The number of nitrogens with zero attached hydrogens (tertiary/aromatic N) is 1. The van der Waals surface area contributed by atoms with Crippen LogP contribution in [0.2, 0.25) is 0 Å². The van der Waals surface area contributed by atoms with Gasteiger partial charge in [0.2, 0.25) is 17.7 Å². The predicted molar refractivity (Wildman–Crippen MR) is 124 cm³/mol. The van der Waals surface area contributed by atoms with E-state index in [4.69, 9.17) is 5.73 Å². The van der Waals surface area contributed by atoms with Crippen molar-refractivity contribution < 1.29 is 14.4 Å². The molecule has 0 saturated carbocycles. The third kappa shape index (κ3) is 12.3. The van der Waals surface area contributed by atoms with E-state index in [2.05, 4.69) is 12.2 Å². The van der Waals surface area contributed by atoms with Crippen molar-refractivity contribution >= 4 is 17.7 Å². The molecule has 6 heteroatoms. The van der Waals surface area contributed by atoms with E-state index in [-0.39, 0.29) is 30.3 Å². The van der Waals surface area contributed by atoms with Gasteiger partial charge in [0, 0.05) is 18.5 Å². The van der Waals surface area contributed by atoms with E-state index in [9.17, 15) is 14.4 Å². The summed E-state index contributed by atoms with van der Waals surface area (Å²) in [6, 6.07) is -0.793. The predicted octanol–water partition coefficient (Wildman–Crippen LogP) is 4.69. The number of carbonyl (C=O) groups excluding carboxylic acids is 3. The van der Waals surface area contributed by atoms with Gasteiger partial charge in [0.05, 0.1) is 12.5 Å². The van der Waals surface area contributed by atoms with Crippen LogP contribution < -0.4 is 11.1 Å². The molecule has 0 aromatic heterocycles. The first-order valence-corrected chi connectivity index (χ1v) is 12.2. The molecule has 30 heavy (non-hydrogen) atoms. The SMILES string of the molecule is CCCCCCCCCCCC(=O)NC(=O)C[C@H](N)C(=O)N(C(C)CC)C(C)CC. The minimum absolute atomic E-state index is 0.0647. The molecule has 0 aliphatic rings. The molecule has 3 atom stereocenters. The van der Waals surface area contributed by atoms with Crippen LogP contribution in [0.3, 0.4) is 0 Å². The standard InChI is InChI=1S/C24H47N3O3/c1-6-9-10-11-12-13-14-15-16-17-22(28)26-23(29)18-21(25)24(30)27(19(4)7-2)20(5)8-3/h19-21H,6-18,25H2,1-5H3,(H,26,28,29)/t19?,20?,21-/m0/s1. The normalized spacial score (nSPS) is 14.1. The highest BCUT2D eigenvalue weighted by molar-refractivity contribution is 5.97. The zero-order valence-corrected chi connectivity index (χ0v) is 20.2. The maximum absolute atomic E-state index is 12.8. The molecule has 3 amide bonds. The molecular weight excluding hydrogens is 378 g/mol. The molecule has 6 nitrogen and oxygen atoms in total. The first kappa shape index (κ1) is 28.6. The average Bonchev–Trinajstić information content (AvgIpc) is 2.71. The Morgan fingerprint density at radius 1 is 0.767 bits per heavy atom. The van der Waals surface area contributed by atoms with Crippen LogP contribution in [0.25, 0.3) is 0 Å². The third-order valence-electron chi connectivity index (χ3n) is 5.89. The number of hydrogen-bond donors (Lipinski definition) is 2. The van der Waals surface area contributed by atoms with Crippen LogP contribution in [0.15, 0.2) is 0 Å². The van der Waals surface area contributed by atoms with Crippen molar-refractivity contribution in [3.8, 4) is 0 Å². The molecule has 0 fully saturated rings. The Balaban J connectivity index is 4.17. The van der Waals surface area contributed by atoms with E-state index in [0.29, 0.717) is 6.42 Å². The summed E-state index contributed by atoms with van der Waals surface area (Å²) in [5.41, 5.74) is 6.01. The Morgan fingerprint density at radius 2 is 1.23 bits per heavy atom. The number of imide groups is 1. The van der Waals surface area contributed by atoms with Crippen molar-refractivity contribution in [3.05, 3.63) is 0 Å². The second-order valence-electron chi connectivity index (χ2n) is 8.62. The number of nitrogens with one attached hydrogen (secondary N) is 1. The highest BCUT2D eigenvalue weighted by Gasteiger charge is 2.29. The average molecular weight is 426 g/mol. The fraction of sp³-hybridized carbons (Fsp3) is 0.875. The molecule has 0 spiro atoms. The van der Waals surface area contributed by atoms with Crippen molar-refractivity contribution in [1.82, 2.24) is 10.2 Å². The molecule has 0 aromatic carbocycles. The molecule has 0 bridgehead atoms. The summed E-state index contributed by atoms with van der Waals surface area (Å²) in [6.07, 6.45) is 12.4. The maximum Gasteiger partial charge on any atom is 0.240 e. The molecule has 0 heterocycles. The van der Waals surface area contributed by atoms with E-state index < -0.39 is 11.9 Å². The van der Waals surface area contributed by atoms with Crippen LogP contribution in [-0.4, -0.2) is 40.7 Å². The van der Waals surface area contributed by atoms with Crippen molar-refractivity contribution in [2.75, 3.05) is 0 Å². The van der Waals surface area contributed by atoms with E-state index in [1.54, 1.807) is 4.90 Å². The van der Waals surface area contributed by atoms with Crippen LogP contribution >= 0.6 is 0 Å². The zero-order valence-electron chi connectivity index (χ0n) is 20.2. The Bertz CT molecular complexity index is 486. The number of rotatable bonds is 17. The van der Waals surface area contributed by atoms with E-state index >= 15 is 0 Å². The summed E-state index contributed by atoms with van der Waals surface area (Å²) in [5.74, 6) is -0.964. The van der Waals surface area contributed by atoms with Crippen LogP contribution in [0.1, 0.15) is 118 Å². The fourth-order valence-electron chi connectivity index (χ4n) is 3.61. The van der Waals surface area contributed by atoms with Gasteiger partial charge in [-0.2, -0.15) is 0 Å². The Morgan fingerprint density at radius 3 is 1.70 bits per heavy atom. The molecule has 0 aliphatic carbocycles. The summed E-state index contributed by atoms with van der Waals surface area (Å²) < 4.78 is 0. The summed E-state index contributed by atoms with van der Waals surface area (Å²) in [4.78, 5) is 38.7. The lowest BCUT2D eigenvalue weighted by Gasteiger charge is -2.35. The first-order chi connectivity index (χ1) is 14.3. The van der Waals surface area contributed by atoms with Gasteiger partial charge in [-0.05, 0) is 33.1 Å². The van der Waals surface area contributed by atoms with Gasteiger partial charge in [0.15, 0.2) is 0 Å². The smallest absolute Gasteiger partial charge is 0.240 e. The van der Waals surface area contributed by atoms with Gasteiger partial charge in [0.25, 0.3) is 0 Å². The van der Waals surface area contributed by atoms with Gasteiger partial charge < -0.3 is 10.6 Å². The molecular formula is C24H47N3O3. The third-order valence-corrected chi connectivity index (χ3v) is 5.89. The number of nitrogens with two attached hydrogens (primary N) is 1. The van der Waals surface area contributed by atoms with Gasteiger partial charge in [-0.3, -0.25) is 19.7 Å². The number of carbonyl (C=O) groups is 3. The monoisotopic (exact) mass is 425 g/mol.